The van der Waals surface area contributed by atoms with Crippen LogP contribution in [0.25, 0.3) is 10.9 Å². The molecular formula is C18H22N2O4. The monoisotopic (exact) mass is 330 g/mol. The Morgan fingerprint density at radius 3 is 2.75 bits per heavy atom. The number of hydrogen-bond acceptors (Lipinski definition) is 4. The van der Waals surface area contributed by atoms with Crippen LogP contribution >= 0.6 is 0 Å². The second-order valence-electron chi connectivity index (χ2n) is 7.07. The van der Waals surface area contributed by atoms with E-state index in [4.69, 9.17) is 9.47 Å². The van der Waals surface area contributed by atoms with Gasteiger partial charge in [0.2, 0.25) is 0 Å². The summed E-state index contributed by atoms with van der Waals surface area (Å²) in [6.07, 6.45) is 1.26. The Hall–Kier alpha value is -2.50. The number of cyclic esters (lactones) is 1. The van der Waals surface area contributed by atoms with Crippen molar-refractivity contribution in [3.8, 4) is 0 Å². The second-order valence-corrected chi connectivity index (χ2v) is 7.07. The van der Waals surface area contributed by atoms with Crippen LogP contribution < -0.4 is 0 Å². The Balaban J connectivity index is 1.85. The zero-order valence-corrected chi connectivity index (χ0v) is 14.4. The van der Waals surface area contributed by atoms with E-state index in [9.17, 15) is 9.59 Å². The highest BCUT2D eigenvalue weighted by Gasteiger charge is 2.40. The van der Waals surface area contributed by atoms with E-state index >= 15 is 0 Å². The molecule has 2 aromatic rings. The average Bonchev–Trinajstić information content (AvgIpc) is 3.00. The van der Waals surface area contributed by atoms with E-state index < -0.39 is 17.8 Å². The lowest BCUT2D eigenvalue weighted by molar-refractivity contribution is 0.0292. The molecule has 6 nitrogen and oxygen atoms in total. The molecule has 2 amide bonds. The molecule has 0 spiro atoms. The molecule has 128 valence electrons. The van der Waals surface area contributed by atoms with E-state index in [-0.39, 0.29) is 12.6 Å². The van der Waals surface area contributed by atoms with Gasteiger partial charge in [0.05, 0.1) is 6.04 Å². The molecule has 0 saturated carbocycles. The first-order valence-electron chi connectivity index (χ1n) is 7.98. The van der Waals surface area contributed by atoms with Crippen molar-refractivity contribution >= 4 is 23.1 Å². The lowest BCUT2D eigenvalue weighted by Gasteiger charge is -2.25. The molecular weight excluding hydrogens is 308 g/mol. The van der Waals surface area contributed by atoms with E-state index in [0.29, 0.717) is 6.42 Å². The Bertz CT molecular complexity index is 788. The van der Waals surface area contributed by atoms with Crippen molar-refractivity contribution in [2.75, 3.05) is 6.61 Å². The van der Waals surface area contributed by atoms with E-state index in [2.05, 4.69) is 0 Å². The molecule has 0 unspecified atom stereocenters. The fourth-order valence-electron chi connectivity index (χ4n) is 2.99. The minimum Gasteiger partial charge on any atom is -0.447 e. The molecule has 1 fully saturated rings. The number of rotatable bonds is 2. The Kier molecular flexibility index (Phi) is 3.99. The molecule has 3 rings (SSSR count). The highest BCUT2D eigenvalue weighted by Crippen LogP contribution is 2.26. The third-order valence-corrected chi connectivity index (χ3v) is 3.99. The SMILES string of the molecule is Cn1cc(C[C@H]2COC(=O)N2C(=O)OC(C)(C)C)c2ccccc21. The van der Waals surface area contributed by atoms with Crippen LogP contribution in [0.3, 0.4) is 0 Å². The van der Waals surface area contributed by atoms with Crippen molar-refractivity contribution < 1.29 is 19.1 Å². The maximum absolute atomic E-state index is 12.3. The summed E-state index contributed by atoms with van der Waals surface area (Å²) in [7, 11) is 1.98. The zero-order chi connectivity index (χ0) is 17.5. The molecule has 1 atom stereocenters. The predicted molar refractivity (Wildman–Crippen MR) is 89.8 cm³/mol. The first-order chi connectivity index (χ1) is 11.3. The van der Waals surface area contributed by atoms with Crippen LogP contribution in [0.4, 0.5) is 9.59 Å². The van der Waals surface area contributed by atoms with Crippen LogP contribution in [0.1, 0.15) is 26.3 Å². The molecule has 24 heavy (non-hydrogen) atoms. The molecule has 0 aliphatic carbocycles. The van der Waals surface area contributed by atoms with Crippen molar-refractivity contribution in [2.24, 2.45) is 7.05 Å². The number of ether oxygens (including phenoxy) is 2. The zero-order valence-electron chi connectivity index (χ0n) is 14.4. The highest BCUT2D eigenvalue weighted by molar-refractivity contribution is 5.90. The molecule has 0 radical (unpaired) electrons. The van der Waals surface area contributed by atoms with E-state index in [1.165, 1.54) is 0 Å². The van der Waals surface area contributed by atoms with Crippen molar-refractivity contribution in [2.45, 2.75) is 38.8 Å². The van der Waals surface area contributed by atoms with Crippen molar-refractivity contribution in [1.29, 1.82) is 0 Å². The summed E-state index contributed by atoms with van der Waals surface area (Å²) in [4.78, 5) is 25.4. The first kappa shape index (κ1) is 16.4. The van der Waals surface area contributed by atoms with Gasteiger partial charge in [-0.1, -0.05) is 18.2 Å². The topological polar surface area (TPSA) is 60.8 Å². The molecule has 1 aromatic heterocycles. The lowest BCUT2D eigenvalue weighted by atomic mass is 10.1. The standard InChI is InChI=1S/C18H22N2O4/c1-18(2,3)24-17(22)20-13(11-23-16(20)21)9-12-10-19(4)15-8-6-5-7-14(12)15/h5-8,10,13H,9,11H2,1-4H3/t13-/m0/s1. The summed E-state index contributed by atoms with van der Waals surface area (Å²) in [5.41, 5.74) is 1.52. The van der Waals surface area contributed by atoms with Crippen LogP contribution in [0.5, 0.6) is 0 Å². The van der Waals surface area contributed by atoms with Gasteiger partial charge in [-0.25, -0.2) is 14.5 Å². The number of carbonyl (C=O) groups is 2. The molecule has 0 N–H and O–H groups in total. The predicted octanol–water partition coefficient (Wildman–Crippen LogP) is 3.48. The molecule has 1 saturated heterocycles. The molecule has 1 aromatic carbocycles. The van der Waals surface area contributed by atoms with Gasteiger partial charge in [-0.15, -0.1) is 0 Å². The van der Waals surface area contributed by atoms with Crippen molar-refractivity contribution in [1.82, 2.24) is 9.47 Å². The van der Waals surface area contributed by atoms with Crippen LogP contribution in [-0.4, -0.2) is 39.9 Å². The normalized spacial score (nSPS) is 18.1. The van der Waals surface area contributed by atoms with Gasteiger partial charge in [0.25, 0.3) is 0 Å². The number of hydrogen-bond donors (Lipinski definition) is 0. The third kappa shape index (κ3) is 3.09. The lowest BCUT2D eigenvalue weighted by Crippen LogP contribution is -2.43. The van der Waals surface area contributed by atoms with E-state index in [1.807, 2.05) is 42.1 Å². The number of aromatic nitrogens is 1. The highest BCUT2D eigenvalue weighted by atomic mass is 16.6. The van der Waals surface area contributed by atoms with Crippen molar-refractivity contribution in [3.05, 3.63) is 36.0 Å². The number of amides is 2. The fraction of sp³-hybridized carbons (Fsp3) is 0.444. The summed E-state index contributed by atoms with van der Waals surface area (Å²) in [6, 6.07) is 7.69. The number of carbonyl (C=O) groups excluding carboxylic acids is 2. The van der Waals surface area contributed by atoms with Gasteiger partial charge in [0.15, 0.2) is 0 Å². The number of imide groups is 1. The molecule has 6 heteroatoms. The van der Waals surface area contributed by atoms with Crippen LogP contribution in [0.15, 0.2) is 30.5 Å². The Labute approximate surface area is 140 Å². The molecule has 1 aliphatic heterocycles. The summed E-state index contributed by atoms with van der Waals surface area (Å²) >= 11 is 0. The van der Waals surface area contributed by atoms with Crippen LogP contribution in [0.2, 0.25) is 0 Å². The third-order valence-electron chi connectivity index (χ3n) is 3.99. The van der Waals surface area contributed by atoms with Gasteiger partial charge in [0, 0.05) is 24.1 Å². The number of para-hydroxylation sites is 1. The number of nitrogens with zero attached hydrogens (tertiary/aromatic N) is 2. The summed E-state index contributed by atoms with van der Waals surface area (Å²) in [5, 5.41) is 1.11. The maximum atomic E-state index is 12.3. The van der Waals surface area contributed by atoms with E-state index in [1.54, 1.807) is 20.8 Å². The van der Waals surface area contributed by atoms with E-state index in [0.717, 1.165) is 21.4 Å². The van der Waals surface area contributed by atoms with Gasteiger partial charge < -0.3 is 14.0 Å². The van der Waals surface area contributed by atoms with Crippen molar-refractivity contribution in [3.63, 3.8) is 0 Å². The van der Waals surface area contributed by atoms with Crippen LogP contribution in [0, 0.1) is 0 Å². The second kappa shape index (κ2) is 5.85. The van der Waals surface area contributed by atoms with Gasteiger partial charge in [0.1, 0.15) is 12.2 Å². The molecule has 1 aliphatic rings. The van der Waals surface area contributed by atoms with Gasteiger partial charge >= 0.3 is 12.2 Å². The molecule has 0 bridgehead atoms. The Morgan fingerprint density at radius 2 is 2.04 bits per heavy atom. The quantitative estimate of drug-likeness (QED) is 0.846. The smallest absolute Gasteiger partial charge is 0.420 e. The van der Waals surface area contributed by atoms with Gasteiger partial charge in [-0.3, -0.25) is 0 Å². The average molecular weight is 330 g/mol. The Morgan fingerprint density at radius 1 is 1.33 bits per heavy atom. The summed E-state index contributed by atoms with van der Waals surface area (Å²) in [5.74, 6) is 0. The minimum absolute atomic E-state index is 0.182. The van der Waals surface area contributed by atoms with Gasteiger partial charge in [-0.05, 0) is 38.8 Å². The summed E-state index contributed by atoms with van der Waals surface area (Å²) < 4.78 is 12.5. The number of benzene rings is 1. The van der Waals surface area contributed by atoms with Crippen LogP contribution in [-0.2, 0) is 22.9 Å². The first-order valence-corrected chi connectivity index (χ1v) is 7.98. The fourth-order valence-corrected chi connectivity index (χ4v) is 2.99. The maximum Gasteiger partial charge on any atom is 0.420 e. The number of aryl methyl sites for hydroxylation is 1. The molecule has 2 heterocycles. The van der Waals surface area contributed by atoms with Gasteiger partial charge in [-0.2, -0.15) is 0 Å². The largest absolute Gasteiger partial charge is 0.447 e. The number of fused-ring (bicyclic) bond motifs is 1. The minimum atomic E-state index is -0.663. The summed E-state index contributed by atoms with van der Waals surface area (Å²) in [6.45, 7) is 5.49.